The summed E-state index contributed by atoms with van der Waals surface area (Å²) in [4.78, 5) is 13.8. The minimum atomic E-state index is 0.0725. The lowest BCUT2D eigenvalue weighted by Crippen LogP contribution is -2.44. The first kappa shape index (κ1) is 16.4. The van der Waals surface area contributed by atoms with Crippen molar-refractivity contribution in [2.24, 2.45) is 5.73 Å². The van der Waals surface area contributed by atoms with Gasteiger partial charge < -0.3 is 15.8 Å². The summed E-state index contributed by atoms with van der Waals surface area (Å²) in [6, 6.07) is 0.282. The van der Waals surface area contributed by atoms with Crippen molar-refractivity contribution in [2.45, 2.75) is 32.7 Å². The summed E-state index contributed by atoms with van der Waals surface area (Å²) in [6.45, 7) is 7.20. The van der Waals surface area contributed by atoms with Crippen molar-refractivity contribution < 1.29 is 9.53 Å². The van der Waals surface area contributed by atoms with Crippen LogP contribution in [0.15, 0.2) is 0 Å². The SMILES string of the molecule is CCC(CC)NC(=O)CN(CCN)CCOC. The zero-order valence-corrected chi connectivity index (χ0v) is 11.4. The number of rotatable bonds is 10. The van der Waals surface area contributed by atoms with Crippen LogP contribution in [0.4, 0.5) is 0 Å². The summed E-state index contributed by atoms with van der Waals surface area (Å²) < 4.78 is 5.01. The molecule has 0 aromatic carbocycles. The van der Waals surface area contributed by atoms with Crippen LogP contribution < -0.4 is 11.1 Å². The molecule has 0 unspecified atom stereocenters. The quantitative estimate of drug-likeness (QED) is 0.577. The van der Waals surface area contributed by atoms with Gasteiger partial charge in [0.05, 0.1) is 13.2 Å². The molecule has 0 aliphatic rings. The van der Waals surface area contributed by atoms with Crippen LogP contribution in [-0.2, 0) is 9.53 Å². The third-order valence-electron chi connectivity index (χ3n) is 2.77. The van der Waals surface area contributed by atoms with E-state index in [1.807, 2.05) is 4.90 Å². The molecule has 0 atom stereocenters. The molecule has 102 valence electrons. The molecule has 0 aliphatic heterocycles. The minimum absolute atomic E-state index is 0.0725. The highest BCUT2D eigenvalue weighted by atomic mass is 16.5. The van der Waals surface area contributed by atoms with Gasteiger partial charge in [0.25, 0.3) is 0 Å². The normalized spacial score (nSPS) is 11.2. The maximum Gasteiger partial charge on any atom is 0.234 e. The Morgan fingerprint density at radius 2 is 2.00 bits per heavy atom. The average Bonchev–Trinajstić information content (AvgIpc) is 2.33. The van der Waals surface area contributed by atoms with Crippen LogP contribution in [0.3, 0.4) is 0 Å². The van der Waals surface area contributed by atoms with E-state index in [4.69, 9.17) is 10.5 Å². The van der Waals surface area contributed by atoms with Crippen molar-refractivity contribution in [3.8, 4) is 0 Å². The maximum atomic E-state index is 11.8. The predicted molar refractivity (Wildman–Crippen MR) is 69.9 cm³/mol. The Labute approximate surface area is 105 Å². The Morgan fingerprint density at radius 1 is 1.35 bits per heavy atom. The zero-order valence-electron chi connectivity index (χ0n) is 11.4. The maximum absolute atomic E-state index is 11.8. The highest BCUT2D eigenvalue weighted by Gasteiger charge is 2.12. The molecule has 3 N–H and O–H groups in total. The second-order valence-electron chi connectivity index (χ2n) is 4.14. The molecule has 0 heterocycles. The van der Waals surface area contributed by atoms with E-state index in [0.717, 1.165) is 25.9 Å². The summed E-state index contributed by atoms with van der Waals surface area (Å²) in [7, 11) is 1.66. The molecule has 0 aromatic heterocycles. The van der Waals surface area contributed by atoms with Crippen LogP contribution in [-0.4, -0.2) is 56.7 Å². The molecule has 0 rings (SSSR count). The van der Waals surface area contributed by atoms with Gasteiger partial charge in [-0.25, -0.2) is 0 Å². The van der Waals surface area contributed by atoms with Gasteiger partial charge in [-0.3, -0.25) is 9.69 Å². The fourth-order valence-corrected chi connectivity index (χ4v) is 1.64. The number of nitrogens with zero attached hydrogens (tertiary/aromatic N) is 1. The Kier molecular flexibility index (Phi) is 10.1. The fourth-order valence-electron chi connectivity index (χ4n) is 1.64. The number of carbonyl (C=O) groups excluding carboxylic acids is 1. The van der Waals surface area contributed by atoms with Crippen LogP contribution in [0.25, 0.3) is 0 Å². The first-order valence-corrected chi connectivity index (χ1v) is 6.38. The third-order valence-corrected chi connectivity index (χ3v) is 2.77. The van der Waals surface area contributed by atoms with Gasteiger partial charge in [-0.15, -0.1) is 0 Å². The van der Waals surface area contributed by atoms with Gasteiger partial charge in [0.15, 0.2) is 0 Å². The lowest BCUT2D eigenvalue weighted by Gasteiger charge is -2.22. The van der Waals surface area contributed by atoms with Crippen molar-refractivity contribution in [1.29, 1.82) is 0 Å². The number of nitrogens with one attached hydrogen (secondary N) is 1. The second-order valence-corrected chi connectivity index (χ2v) is 4.14. The number of methoxy groups -OCH3 is 1. The first-order chi connectivity index (χ1) is 8.17. The van der Waals surface area contributed by atoms with E-state index in [1.54, 1.807) is 7.11 Å². The van der Waals surface area contributed by atoms with Gasteiger partial charge in [-0.05, 0) is 12.8 Å². The molecule has 0 radical (unpaired) electrons. The van der Waals surface area contributed by atoms with E-state index in [9.17, 15) is 4.79 Å². The topological polar surface area (TPSA) is 67.6 Å². The highest BCUT2D eigenvalue weighted by Crippen LogP contribution is 1.96. The standard InChI is InChI=1S/C12H27N3O2/c1-4-11(5-2)14-12(16)10-15(7-6-13)8-9-17-3/h11H,4-10,13H2,1-3H3,(H,14,16). The van der Waals surface area contributed by atoms with Crippen molar-refractivity contribution >= 4 is 5.91 Å². The highest BCUT2D eigenvalue weighted by molar-refractivity contribution is 5.78. The van der Waals surface area contributed by atoms with Gasteiger partial charge in [0, 0.05) is 32.8 Å². The van der Waals surface area contributed by atoms with Crippen LogP contribution in [0.5, 0.6) is 0 Å². The number of carbonyl (C=O) groups is 1. The number of hydrogen-bond donors (Lipinski definition) is 2. The average molecular weight is 245 g/mol. The summed E-state index contributed by atoms with van der Waals surface area (Å²) in [5, 5.41) is 3.02. The van der Waals surface area contributed by atoms with Crippen LogP contribution in [0, 0.1) is 0 Å². The largest absolute Gasteiger partial charge is 0.383 e. The van der Waals surface area contributed by atoms with Crippen molar-refractivity contribution in [3.05, 3.63) is 0 Å². The summed E-state index contributed by atoms with van der Waals surface area (Å²) >= 11 is 0. The molecule has 0 aromatic rings. The fraction of sp³-hybridized carbons (Fsp3) is 0.917. The summed E-state index contributed by atoms with van der Waals surface area (Å²) in [5.74, 6) is 0.0725. The van der Waals surface area contributed by atoms with E-state index in [-0.39, 0.29) is 11.9 Å². The summed E-state index contributed by atoms with van der Waals surface area (Å²) in [5.41, 5.74) is 5.52. The van der Waals surface area contributed by atoms with E-state index in [1.165, 1.54) is 0 Å². The number of ether oxygens (including phenoxy) is 1. The van der Waals surface area contributed by atoms with Crippen molar-refractivity contribution in [1.82, 2.24) is 10.2 Å². The van der Waals surface area contributed by atoms with E-state index in [2.05, 4.69) is 19.2 Å². The van der Waals surface area contributed by atoms with Crippen LogP contribution in [0.2, 0.25) is 0 Å². The lowest BCUT2D eigenvalue weighted by atomic mass is 10.2. The number of nitrogens with two attached hydrogens (primary N) is 1. The van der Waals surface area contributed by atoms with Gasteiger partial charge >= 0.3 is 0 Å². The van der Waals surface area contributed by atoms with Gasteiger partial charge in [-0.1, -0.05) is 13.8 Å². The van der Waals surface area contributed by atoms with Crippen LogP contribution in [0.1, 0.15) is 26.7 Å². The molecule has 17 heavy (non-hydrogen) atoms. The molecule has 0 spiro atoms. The van der Waals surface area contributed by atoms with Gasteiger partial charge in [0.1, 0.15) is 0 Å². The Balaban J connectivity index is 4.01. The number of hydrogen-bond acceptors (Lipinski definition) is 4. The second kappa shape index (κ2) is 10.5. The molecule has 5 nitrogen and oxygen atoms in total. The first-order valence-electron chi connectivity index (χ1n) is 6.38. The third kappa shape index (κ3) is 8.12. The zero-order chi connectivity index (χ0) is 13.1. The molecule has 1 amide bonds. The molecule has 0 saturated heterocycles. The van der Waals surface area contributed by atoms with E-state index >= 15 is 0 Å². The van der Waals surface area contributed by atoms with Crippen molar-refractivity contribution in [2.75, 3.05) is 39.9 Å². The Morgan fingerprint density at radius 3 is 2.47 bits per heavy atom. The number of amides is 1. The molecule has 0 bridgehead atoms. The molecular formula is C12H27N3O2. The Hall–Kier alpha value is -0.650. The minimum Gasteiger partial charge on any atom is -0.383 e. The van der Waals surface area contributed by atoms with E-state index < -0.39 is 0 Å². The summed E-state index contributed by atoms with van der Waals surface area (Å²) in [6.07, 6.45) is 1.94. The molecular weight excluding hydrogens is 218 g/mol. The van der Waals surface area contributed by atoms with Gasteiger partial charge in [0.2, 0.25) is 5.91 Å². The van der Waals surface area contributed by atoms with Gasteiger partial charge in [-0.2, -0.15) is 0 Å². The molecule has 0 saturated carbocycles. The van der Waals surface area contributed by atoms with Crippen molar-refractivity contribution in [3.63, 3.8) is 0 Å². The van der Waals surface area contributed by atoms with Crippen LogP contribution >= 0.6 is 0 Å². The Bertz CT molecular complexity index is 196. The monoisotopic (exact) mass is 245 g/mol. The lowest BCUT2D eigenvalue weighted by molar-refractivity contribution is -0.123. The predicted octanol–water partition coefficient (Wildman–Crippen LogP) is 0.198. The molecule has 0 aliphatic carbocycles. The smallest absolute Gasteiger partial charge is 0.234 e. The molecule has 0 fully saturated rings. The van der Waals surface area contributed by atoms with E-state index in [0.29, 0.717) is 19.7 Å². The molecule has 5 heteroatoms.